The van der Waals surface area contributed by atoms with Crippen molar-refractivity contribution in [2.75, 3.05) is 7.11 Å². The van der Waals surface area contributed by atoms with Gasteiger partial charge in [-0.05, 0) is 60.8 Å². The molecule has 20 heavy (non-hydrogen) atoms. The second-order valence-electron chi connectivity index (χ2n) is 5.59. The Morgan fingerprint density at radius 2 is 2.05 bits per heavy atom. The lowest BCUT2D eigenvalue weighted by atomic mass is 9.80. The Labute approximate surface area is 128 Å². The molecule has 0 unspecified atom stereocenters. The second-order valence-corrected chi connectivity index (χ2v) is 6.41. The van der Waals surface area contributed by atoms with E-state index in [1.165, 1.54) is 13.5 Å². The molecule has 1 fully saturated rings. The fourth-order valence-corrected chi connectivity index (χ4v) is 3.82. The van der Waals surface area contributed by atoms with Gasteiger partial charge in [-0.2, -0.15) is 0 Å². The quantitative estimate of drug-likeness (QED) is 0.737. The first-order valence-electron chi connectivity index (χ1n) is 6.87. The summed E-state index contributed by atoms with van der Waals surface area (Å²) in [4.78, 5) is 12.2. The zero-order valence-electron chi connectivity index (χ0n) is 11.3. The average molecular weight is 311 g/mol. The molecule has 2 aliphatic rings. The number of carbonyl (C=O) groups is 1. The summed E-state index contributed by atoms with van der Waals surface area (Å²) >= 11 is 12.1. The molecule has 3 rings (SSSR count). The van der Waals surface area contributed by atoms with Crippen molar-refractivity contribution >= 4 is 34.7 Å². The van der Waals surface area contributed by atoms with Gasteiger partial charge in [0.25, 0.3) is 0 Å². The van der Waals surface area contributed by atoms with Gasteiger partial charge in [0.15, 0.2) is 0 Å². The number of ether oxygens (including phenoxy) is 1. The van der Waals surface area contributed by atoms with E-state index in [0.717, 1.165) is 36.0 Å². The number of fused-ring (bicyclic) bond motifs is 2. The van der Waals surface area contributed by atoms with Gasteiger partial charge in [-0.3, -0.25) is 0 Å². The molecule has 2 nitrogen and oxygen atoms in total. The van der Waals surface area contributed by atoms with Gasteiger partial charge in [-0.15, -0.1) is 0 Å². The minimum atomic E-state index is -0.198. The molecule has 4 heteroatoms. The number of benzene rings is 1. The first-order valence-corrected chi connectivity index (χ1v) is 7.62. The van der Waals surface area contributed by atoms with Gasteiger partial charge in [0, 0.05) is 5.57 Å². The van der Waals surface area contributed by atoms with Crippen molar-refractivity contribution < 1.29 is 9.53 Å². The van der Waals surface area contributed by atoms with Crippen molar-refractivity contribution in [2.45, 2.75) is 25.7 Å². The van der Waals surface area contributed by atoms with Crippen LogP contribution in [0.5, 0.6) is 0 Å². The van der Waals surface area contributed by atoms with Crippen molar-refractivity contribution in [2.24, 2.45) is 11.8 Å². The molecule has 0 heterocycles. The highest BCUT2D eigenvalue weighted by Crippen LogP contribution is 2.48. The third kappa shape index (κ3) is 2.36. The molecule has 106 valence electrons. The fraction of sp³-hybridized carbons (Fsp3) is 0.438. The molecule has 2 aliphatic carbocycles. The van der Waals surface area contributed by atoms with Crippen LogP contribution in [0.4, 0.5) is 0 Å². The molecule has 0 N–H and O–H groups in total. The molecule has 1 aromatic rings. The first-order chi connectivity index (χ1) is 9.60. The van der Waals surface area contributed by atoms with Gasteiger partial charge in [0.05, 0.1) is 17.2 Å². The van der Waals surface area contributed by atoms with Gasteiger partial charge in [0.1, 0.15) is 0 Å². The van der Waals surface area contributed by atoms with Crippen molar-refractivity contribution in [1.82, 2.24) is 0 Å². The van der Waals surface area contributed by atoms with Crippen LogP contribution in [0.2, 0.25) is 10.0 Å². The number of hydrogen-bond acceptors (Lipinski definition) is 2. The molecule has 0 saturated heterocycles. The van der Waals surface area contributed by atoms with E-state index in [9.17, 15) is 4.79 Å². The molecular formula is C16H16Cl2O2. The lowest BCUT2D eigenvalue weighted by molar-refractivity contribution is -0.136. The Balaban J connectivity index is 2.10. The van der Waals surface area contributed by atoms with Crippen molar-refractivity contribution in [3.05, 3.63) is 39.4 Å². The van der Waals surface area contributed by atoms with Crippen LogP contribution in [0.15, 0.2) is 23.8 Å². The standard InChI is InChI=1S/C16H16Cl2O2/c1-20-16(19)15-11-3-2-9(6-11)7-12(15)10-4-5-13(17)14(18)8-10/h4-5,8-9,11H,2-3,6-7H2,1H3/t9-,11-/m0/s1. The van der Waals surface area contributed by atoms with Crippen LogP contribution >= 0.6 is 23.2 Å². The topological polar surface area (TPSA) is 26.3 Å². The maximum atomic E-state index is 12.2. The minimum Gasteiger partial charge on any atom is -0.466 e. The predicted octanol–water partition coefficient (Wildman–Crippen LogP) is 4.74. The van der Waals surface area contributed by atoms with Crippen LogP contribution in [-0.2, 0) is 9.53 Å². The Kier molecular flexibility index (Phi) is 3.78. The number of rotatable bonds is 2. The number of allylic oxidation sites excluding steroid dienone is 1. The van der Waals surface area contributed by atoms with Crippen LogP contribution < -0.4 is 0 Å². The maximum absolute atomic E-state index is 12.2. The number of carbonyl (C=O) groups excluding carboxylic acids is 1. The smallest absolute Gasteiger partial charge is 0.334 e. The molecule has 2 bridgehead atoms. The van der Waals surface area contributed by atoms with Gasteiger partial charge >= 0.3 is 5.97 Å². The number of esters is 1. The molecule has 0 amide bonds. The molecule has 2 atom stereocenters. The summed E-state index contributed by atoms with van der Waals surface area (Å²) < 4.78 is 4.99. The van der Waals surface area contributed by atoms with Crippen LogP contribution in [0.3, 0.4) is 0 Å². The number of halogens is 2. The highest BCUT2D eigenvalue weighted by molar-refractivity contribution is 6.42. The SMILES string of the molecule is COC(=O)C1=C(c2ccc(Cl)c(Cl)c2)C[C@H]2CC[C@H]1C2. The van der Waals surface area contributed by atoms with Gasteiger partial charge in [-0.25, -0.2) is 4.79 Å². The largest absolute Gasteiger partial charge is 0.466 e. The molecule has 1 saturated carbocycles. The summed E-state index contributed by atoms with van der Waals surface area (Å²) in [5.74, 6) is 0.819. The van der Waals surface area contributed by atoms with E-state index < -0.39 is 0 Å². The lowest BCUT2D eigenvalue weighted by Crippen LogP contribution is -2.19. The van der Waals surface area contributed by atoms with E-state index >= 15 is 0 Å². The summed E-state index contributed by atoms with van der Waals surface area (Å²) in [6.07, 6.45) is 4.31. The molecular weight excluding hydrogens is 295 g/mol. The fourth-order valence-electron chi connectivity index (χ4n) is 3.52. The van der Waals surface area contributed by atoms with Gasteiger partial charge < -0.3 is 4.74 Å². The predicted molar refractivity (Wildman–Crippen MR) is 80.8 cm³/mol. The van der Waals surface area contributed by atoms with Gasteiger partial charge in [-0.1, -0.05) is 29.3 Å². The first kappa shape index (κ1) is 14.0. The third-order valence-electron chi connectivity index (χ3n) is 4.44. The summed E-state index contributed by atoms with van der Waals surface area (Å²) in [5.41, 5.74) is 2.94. The Morgan fingerprint density at radius 3 is 2.75 bits per heavy atom. The van der Waals surface area contributed by atoms with E-state index in [1.54, 1.807) is 6.07 Å². The third-order valence-corrected chi connectivity index (χ3v) is 5.18. The van der Waals surface area contributed by atoms with E-state index in [4.69, 9.17) is 27.9 Å². The Bertz CT molecular complexity index is 592. The molecule has 0 aliphatic heterocycles. The highest BCUT2D eigenvalue weighted by Gasteiger charge is 2.38. The lowest BCUT2D eigenvalue weighted by Gasteiger charge is -2.25. The van der Waals surface area contributed by atoms with Gasteiger partial charge in [0.2, 0.25) is 0 Å². The average Bonchev–Trinajstić information content (AvgIpc) is 2.82. The zero-order chi connectivity index (χ0) is 14.3. The van der Waals surface area contributed by atoms with Crippen molar-refractivity contribution in [1.29, 1.82) is 0 Å². The molecule has 0 radical (unpaired) electrons. The highest BCUT2D eigenvalue weighted by atomic mass is 35.5. The normalized spacial score (nSPS) is 24.9. The van der Waals surface area contributed by atoms with E-state index in [0.29, 0.717) is 21.9 Å². The molecule has 0 spiro atoms. The summed E-state index contributed by atoms with van der Waals surface area (Å²) in [6, 6.07) is 5.59. The van der Waals surface area contributed by atoms with Crippen LogP contribution in [-0.4, -0.2) is 13.1 Å². The summed E-state index contributed by atoms with van der Waals surface area (Å²) in [6.45, 7) is 0. The Morgan fingerprint density at radius 1 is 1.25 bits per heavy atom. The van der Waals surface area contributed by atoms with Crippen LogP contribution in [0, 0.1) is 11.8 Å². The molecule has 1 aromatic carbocycles. The van der Waals surface area contributed by atoms with Crippen molar-refractivity contribution in [3.8, 4) is 0 Å². The van der Waals surface area contributed by atoms with E-state index in [-0.39, 0.29) is 5.97 Å². The minimum absolute atomic E-state index is 0.198. The Hall–Kier alpha value is -0.990. The maximum Gasteiger partial charge on any atom is 0.334 e. The second kappa shape index (κ2) is 5.42. The zero-order valence-corrected chi connectivity index (χ0v) is 12.8. The van der Waals surface area contributed by atoms with Crippen molar-refractivity contribution in [3.63, 3.8) is 0 Å². The summed E-state index contributed by atoms with van der Waals surface area (Å²) in [7, 11) is 1.45. The number of hydrogen-bond donors (Lipinski definition) is 0. The van der Waals surface area contributed by atoms with E-state index in [2.05, 4.69) is 0 Å². The monoisotopic (exact) mass is 310 g/mol. The number of methoxy groups -OCH3 is 1. The van der Waals surface area contributed by atoms with Crippen LogP contribution in [0.1, 0.15) is 31.2 Å². The summed E-state index contributed by atoms with van der Waals surface area (Å²) in [5, 5.41) is 1.06. The van der Waals surface area contributed by atoms with E-state index in [1.807, 2.05) is 12.1 Å². The van der Waals surface area contributed by atoms with Crippen LogP contribution in [0.25, 0.3) is 5.57 Å². The molecule has 0 aromatic heterocycles.